The predicted octanol–water partition coefficient (Wildman–Crippen LogP) is 1.11. The lowest BCUT2D eigenvalue weighted by molar-refractivity contribution is -0.138. The summed E-state index contributed by atoms with van der Waals surface area (Å²) in [5, 5.41) is -0.723. The van der Waals surface area contributed by atoms with Crippen LogP contribution in [-0.2, 0) is 19.1 Å². The SMILES string of the molecule is C=CC(=O)OCCN(CCOC(=O)C=C)C(=O)Cl. The van der Waals surface area contributed by atoms with Crippen LogP contribution in [0.5, 0.6) is 0 Å². The lowest BCUT2D eigenvalue weighted by Gasteiger charge is -2.18. The number of ether oxygens (including phenoxy) is 2. The summed E-state index contributed by atoms with van der Waals surface area (Å²) in [4.78, 5) is 33.7. The molecule has 0 radical (unpaired) electrons. The third-order valence-electron chi connectivity index (χ3n) is 1.79. The van der Waals surface area contributed by atoms with Gasteiger partial charge in [0.2, 0.25) is 0 Å². The molecule has 100 valence electrons. The van der Waals surface area contributed by atoms with Gasteiger partial charge in [0.15, 0.2) is 0 Å². The highest BCUT2D eigenvalue weighted by molar-refractivity contribution is 6.62. The normalized spacial score (nSPS) is 9.17. The van der Waals surface area contributed by atoms with Gasteiger partial charge >= 0.3 is 17.3 Å². The van der Waals surface area contributed by atoms with Gasteiger partial charge in [0.1, 0.15) is 13.2 Å². The third-order valence-corrected chi connectivity index (χ3v) is 2.03. The number of hydrogen-bond acceptors (Lipinski definition) is 5. The standard InChI is InChI=1S/C11H14ClNO5/c1-3-9(14)17-7-5-13(11(12)16)6-8-18-10(15)4-2/h3-4H,1-2,5-8H2. The number of nitrogens with zero attached hydrogens (tertiary/aromatic N) is 1. The molecule has 0 aliphatic heterocycles. The summed E-state index contributed by atoms with van der Waals surface area (Å²) in [6, 6.07) is 0. The Morgan fingerprint density at radius 1 is 1.00 bits per heavy atom. The van der Waals surface area contributed by atoms with E-state index in [0.29, 0.717) is 0 Å². The Balaban J connectivity index is 3.96. The highest BCUT2D eigenvalue weighted by Gasteiger charge is 2.11. The molecule has 0 heterocycles. The van der Waals surface area contributed by atoms with Gasteiger partial charge in [0.25, 0.3) is 0 Å². The molecule has 18 heavy (non-hydrogen) atoms. The monoisotopic (exact) mass is 275 g/mol. The highest BCUT2D eigenvalue weighted by Crippen LogP contribution is 1.97. The van der Waals surface area contributed by atoms with Crippen molar-refractivity contribution in [1.29, 1.82) is 0 Å². The molecular formula is C11H14ClNO5. The molecule has 0 aliphatic carbocycles. The van der Waals surface area contributed by atoms with Crippen molar-refractivity contribution < 1.29 is 23.9 Å². The van der Waals surface area contributed by atoms with Crippen molar-refractivity contribution in [2.45, 2.75) is 0 Å². The van der Waals surface area contributed by atoms with Crippen molar-refractivity contribution in [2.24, 2.45) is 0 Å². The number of esters is 2. The summed E-state index contributed by atoms with van der Waals surface area (Å²) in [5.74, 6) is -1.18. The second-order valence-corrected chi connectivity index (χ2v) is 3.31. The highest BCUT2D eigenvalue weighted by atomic mass is 35.5. The molecule has 6 nitrogen and oxygen atoms in total. The van der Waals surface area contributed by atoms with E-state index < -0.39 is 17.3 Å². The first-order valence-electron chi connectivity index (χ1n) is 5.04. The Morgan fingerprint density at radius 3 is 1.67 bits per heavy atom. The number of hydrogen-bond donors (Lipinski definition) is 0. The van der Waals surface area contributed by atoms with Crippen molar-refractivity contribution >= 4 is 28.9 Å². The van der Waals surface area contributed by atoms with Crippen LogP contribution in [0.25, 0.3) is 0 Å². The van der Waals surface area contributed by atoms with Crippen molar-refractivity contribution in [3.8, 4) is 0 Å². The second-order valence-electron chi connectivity index (χ2n) is 2.98. The molecule has 1 amide bonds. The summed E-state index contributed by atoms with van der Waals surface area (Å²) in [5.41, 5.74) is 0. The van der Waals surface area contributed by atoms with Crippen LogP contribution in [0.3, 0.4) is 0 Å². The minimum absolute atomic E-state index is 0.0152. The second kappa shape index (κ2) is 9.23. The van der Waals surface area contributed by atoms with Gasteiger partial charge in [-0.3, -0.25) is 4.79 Å². The maximum Gasteiger partial charge on any atom is 0.330 e. The molecule has 0 aromatic carbocycles. The third kappa shape index (κ3) is 7.45. The predicted molar refractivity (Wildman–Crippen MR) is 65.1 cm³/mol. The summed E-state index contributed by atoms with van der Waals surface area (Å²) in [6.07, 6.45) is 2.03. The zero-order valence-electron chi connectivity index (χ0n) is 9.76. The van der Waals surface area contributed by atoms with Gasteiger partial charge in [-0.15, -0.1) is 0 Å². The number of carbonyl (C=O) groups excluding carboxylic acids is 3. The van der Waals surface area contributed by atoms with Gasteiger partial charge < -0.3 is 14.4 Å². The van der Waals surface area contributed by atoms with E-state index >= 15 is 0 Å². The fraction of sp³-hybridized carbons (Fsp3) is 0.364. The van der Waals surface area contributed by atoms with Crippen LogP contribution in [0.15, 0.2) is 25.3 Å². The van der Waals surface area contributed by atoms with Gasteiger partial charge in [-0.05, 0) is 11.6 Å². The van der Waals surface area contributed by atoms with Crippen LogP contribution in [0, 0.1) is 0 Å². The number of amides is 1. The maximum absolute atomic E-state index is 11.0. The number of carbonyl (C=O) groups is 3. The van der Waals surface area contributed by atoms with Gasteiger partial charge in [0.05, 0.1) is 13.1 Å². The molecular weight excluding hydrogens is 262 g/mol. The molecule has 0 fully saturated rings. The molecule has 0 unspecified atom stereocenters. The summed E-state index contributed by atoms with van der Waals surface area (Å²) in [7, 11) is 0. The zero-order valence-corrected chi connectivity index (χ0v) is 10.5. The average Bonchev–Trinajstić information content (AvgIpc) is 2.35. The van der Waals surface area contributed by atoms with E-state index in [4.69, 9.17) is 11.6 Å². The molecule has 0 saturated heterocycles. The first-order valence-corrected chi connectivity index (χ1v) is 5.41. The van der Waals surface area contributed by atoms with E-state index in [2.05, 4.69) is 22.6 Å². The lowest BCUT2D eigenvalue weighted by atomic mass is 10.5. The van der Waals surface area contributed by atoms with Crippen molar-refractivity contribution in [3.05, 3.63) is 25.3 Å². The summed E-state index contributed by atoms with van der Waals surface area (Å²) in [6.45, 7) is 6.63. The molecule has 0 aromatic heterocycles. The summed E-state index contributed by atoms with van der Waals surface area (Å²) < 4.78 is 9.37. The van der Waals surface area contributed by atoms with Crippen molar-refractivity contribution in [3.63, 3.8) is 0 Å². The lowest BCUT2D eigenvalue weighted by Crippen LogP contribution is -2.33. The first kappa shape index (κ1) is 16.2. The minimum Gasteiger partial charge on any atom is -0.461 e. The maximum atomic E-state index is 11.0. The van der Waals surface area contributed by atoms with E-state index in [1.807, 2.05) is 0 Å². The Morgan fingerprint density at radius 2 is 1.39 bits per heavy atom. The van der Waals surface area contributed by atoms with Gasteiger partial charge in [0, 0.05) is 12.2 Å². The van der Waals surface area contributed by atoms with Crippen LogP contribution in [0.2, 0.25) is 0 Å². The Labute approximate surface area is 110 Å². The fourth-order valence-corrected chi connectivity index (χ4v) is 1.09. The molecule has 0 bridgehead atoms. The van der Waals surface area contributed by atoms with Gasteiger partial charge in [-0.25, -0.2) is 9.59 Å². The van der Waals surface area contributed by atoms with E-state index in [9.17, 15) is 14.4 Å². The average molecular weight is 276 g/mol. The molecule has 0 atom stereocenters. The molecule has 0 saturated carbocycles. The number of rotatable bonds is 8. The Hall–Kier alpha value is -1.82. The molecule has 0 aromatic rings. The van der Waals surface area contributed by atoms with E-state index in [-0.39, 0.29) is 26.3 Å². The van der Waals surface area contributed by atoms with Crippen LogP contribution in [-0.4, -0.2) is 48.5 Å². The van der Waals surface area contributed by atoms with Gasteiger partial charge in [-0.1, -0.05) is 13.2 Å². The van der Waals surface area contributed by atoms with Crippen molar-refractivity contribution in [1.82, 2.24) is 4.90 Å². The first-order chi connectivity index (χ1) is 8.51. The smallest absolute Gasteiger partial charge is 0.330 e. The van der Waals surface area contributed by atoms with Crippen LogP contribution in [0.4, 0.5) is 4.79 Å². The minimum atomic E-state index is -0.723. The van der Waals surface area contributed by atoms with Crippen LogP contribution < -0.4 is 0 Å². The molecule has 0 spiro atoms. The molecule has 0 rings (SSSR count). The molecule has 0 N–H and O–H groups in total. The Bertz CT molecular complexity index is 316. The van der Waals surface area contributed by atoms with Crippen LogP contribution in [0.1, 0.15) is 0 Å². The largest absolute Gasteiger partial charge is 0.461 e. The zero-order chi connectivity index (χ0) is 14.0. The topological polar surface area (TPSA) is 72.9 Å². The number of halogens is 1. The van der Waals surface area contributed by atoms with E-state index in [0.717, 1.165) is 12.2 Å². The van der Waals surface area contributed by atoms with E-state index in [1.165, 1.54) is 4.90 Å². The fourth-order valence-electron chi connectivity index (χ4n) is 0.918. The van der Waals surface area contributed by atoms with Gasteiger partial charge in [-0.2, -0.15) is 0 Å². The van der Waals surface area contributed by atoms with Crippen molar-refractivity contribution in [2.75, 3.05) is 26.3 Å². The molecule has 0 aliphatic rings. The van der Waals surface area contributed by atoms with Crippen LogP contribution >= 0.6 is 11.6 Å². The summed E-state index contributed by atoms with van der Waals surface area (Å²) >= 11 is 5.31. The molecule has 7 heteroatoms. The van der Waals surface area contributed by atoms with E-state index in [1.54, 1.807) is 0 Å². The quantitative estimate of drug-likeness (QED) is 0.287. The Kier molecular flexibility index (Phi) is 8.30.